The summed E-state index contributed by atoms with van der Waals surface area (Å²) in [4.78, 5) is 39.1. The van der Waals surface area contributed by atoms with E-state index in [2.05, 4.69) is 5.10 Å². The normalized spacial score (nSPS) is 18.8. The molecule has 2 saturated heterocycles. The largest absolute Gasteiger partial charge is 0.497 e. The number of hydrogen-bond donors (Lipinski definition) is 0. The summed E-state index contributed by atoms with van der Waals surface area (Å²) in [6.07, 6.45) is 1.54. The van der Waals surface area contributed by atoms with Crippen LogP contribution in [0.2, 0.25) is 0 Å². The number of aromatic nitrogens is 2. The molecule has 2 fully saturated rings. The highest BCUT2D eigenvalue weighted by Gasteiger charge is 2.39. The number of rotatable bonds is 7. The molecule has 2 aromatic rings. The maximum atomic E-state index is 12.8. The Labute approximate surface area is 189 Å². The number of cyclic esters (lactones) is 1. The lowest BCUT2D eigenvalue weighted by Crippen LogP contribution is -2.47. The van der Waals surface area contributed by atoms with E-state index in [0.717, 1.165) is 10.4 Å². The Bertz CT molecular complexity index is 1030. The first-order valence-corrected chi connectivity index (χ1v) is 10.6. The van der Waals surface area contributed by atoms with Gasteiger partial charge in [0.05, 0.1) is 19.9 Å². The lowest BCUT2D eigenvalue weighted by Gasteiger charge is -2.35. The number of hydrogen-bond acceptors (Lipinski definition) is 8. The van der Waals surface area contributed by atoms with E-state index in [1.54, 1.807) is 41.2 Å². The highest BCUT2D eigenvalue weighted by atomic mass is 16.6. The van der Waals surface area contributed by atoms with Gasteiger partial charge in [-0.05, 0) is 42.0 Å². The second-order valence-electron chi connectivity index (χ2n) is 7.93. The molecule has 1 aromatic carbocycles. The molecule has 0 aliphatic carbocycles. The van der Waals surface area contributed by atoms with E-state index in [9.17, 15) is 19.7 Å². The second-order valence-corrected chi connectivity index (χ2v) is 7.93. The number of ether oxygens (including phenoxy) is 3. The molecular weight excluding hydrogens is 434 g/mol. The summed E-state index contributed by atoms with van der Waals surface area (Å²) in [6.45, 7) is 1.40. The van der Waals surface area contributed by atoms with Crippen molar-refractivity contribution in [1.29, 1.82) is 0 Å². The molecule has 1 atom stereocenters. The van der Waals surface area contributed by atoms with Crippen LogP contribution in [0.15, 0.2) is 30.5 Å². The molecule has 0 bridgehead atoms. The minimum absolute atomic E-state index is 0.0303. The Hall–Kier alpha value is -3.83. The molecule has 0 N–H and O–H groups in total. The van der Waals surface area contributed by atoms with Crippen molar-refractivity contribution < 1.29 is 28.7 Å². The summed E-state index contributed by atoms with van der Waals surface area (Å²) in [6, 6.07) is 7.07. The van der Waals surface area contributed by atoms with Gasteiger partial charge < -0.3 is 34.1 Å². The standard InChI is InChI=1S/C21H25N5O7/c1-23-19(26(29)30)18(11-22-23)20(27)24-9-7-14(8-10-24)25-12-17(33-21(25)28)13-32-16-5-3-15(31-2)4-6-16/h3-6,11,14,17H,7-10,12-13H2,1-2H3. The molecule has 1 aromatic heterocycles. The smallest absolute Gasteiger partial charge is 0.410 e. The minimum atomic E-state index is -0.610. The van der Waals surface area contributed by atoms with Gasteiger partial charge in [-0.3, -0.25) is 4.79 Å². The molecule has 3 heterocycles. The number of nitrogens with zero attached hydrogens (tertiary/aromatic N) is 5. The monoisotopic (exact) mass is 459 g/mol. The van der Waals surface area contributed by atoms with Crippen LogP contribution in [-0.4, -0.2) is 82.0 Å². The van der Waals surface area contributed by atoms with Gasteiger partial charge in [0.15, 0.2) is 11.7 Å². The number of carbonyl (C=O) groups is 2. The first-order valence-electron chi connectivity index (χ1n) is 10.6. The van der Waals surface area contributed by atoms with E-state index < -0.39 is 23.0 Å². The third-order valence-electron chi connectivity index (χ3n) is 5.90. The minimum Gasteiger partial charge on any atom is -0.497 e. The zero-order valence-electron chi connectivity index (χ0n) is 18.4. The average molecular weight is 459 g/mol. The molecular formula is C21H25N5O7. The van der Waals surface area contributed by atoms with Gasteiger partial charge in [0.1, 0.15) is 25.2 Å². The molecule has 176 valence electrons. The van der Waals surface area contributed by atoms with Crippen LogP contribution in [0.3, 0.4) is 0 Å². The van der Waals surface area contributed by atoms with Crippen LogP contribution < -0.4 is 9.47 Å². The maximum absolute atomic E-state index is 12.8. The number of carbonyl (C=O) groups excluding carboxylic acids is 2. The van der Waals surface area contributed by atoms with Crippen molar-refractivity contribution in [3.63, 3.8) is 0 Å². The van der Waals surface area contributed by atoms with Gasteiger partial charge in [0.25, 0.3) is 5.91 Å². The Morgan fingerprint density at radius 3 is 2.55 bits per heavy atom. The first kappa shape index (κ1) is 22.4. The summed E-state index contributed by atoms with van der Waals surface area (Å²) in [5, 5.41) is 15.1. The van der Waals surface area contributed by atoms with Crippen LogP contribution in [0.1, 0.15) is 23.2 Å². The van der Waals surface area contributed by atoms with Crippen molar-refractivity contribution in [1.82, 2.24) is 19.6 Å². The Balaban J connectivity index is 1.29. The number of amides is 2. The van der Waals surface area contributed by atoms with Crippen LogP contribution >= 0.6 is 0 Å². The third-order valence-corrected chi connectivity index (χ3v) is 5.90. The van der Waals surface area contributed by atoms with Crippen molar-refractivity contribution in [3.8, 4) is 11.5 Å². The van der Waals surface area contributed by atoms with Crippen LogP contribution in [-0.2, 0) is 11.8 Å². The quantitative estimate of drug-likeness (QED) is 0.453. The van der Waals surface area contributed by atoms with E-state index >= 15 is 0 Å². The van der Waals surface area contributed by atoms with Crippen molar-refractivity contribution >= 4 is 17.8 Å². The number of likely N-dealkylation sites (tertiary alicyclic amines) is 1. The first-order chi connectivity index (χ1) is 15.9. The molecule has 4 rings (SSSR count). The zero-order valence-corrected chi connectivity index (χ0v) is 18.4. The van der Waals surface area contributed by atoms with E-state index in [1.807, 2.05) is 0 Å². The van der Waals surface area contributed by atoms with Gasteiger partial charge in [-0.25, -0.2) is 4.79 Å². The van der Waals surface area contributed by atoms with E-state index in [4.69, 9.17) is 14.2 Å². The molecule has 2 aliphatic rings. The van der Waals surface area contributed by atoms with Crippen LogP contribution in [0, 0.1) is 10.1 Å². The molecule has 2 aliphatic heterocycles. The number of methoxy groups -OCH3 is 1. The summed E-state index contributed by atoms with van der Waals surface area (Å²) in [5.41, 5.74) is -0.0303. The Morgan fingerprint density at radius 1 is 1.24 bits per heavy atom. The van der Waals surface area contributed by atoms with Gasteiger partial charge in [-0.2, -0.15) is 0 Å². The molecule has 12 heteroatoms. The van der Waals surface area contributed by atoms with E-state index in [1.165, 1.54) is 13.2 Å². The maximum Gasteiger partial charge on any atom is 0.410 e. The van der Waals surface area contributed by atoms with Crippen molar-refractivity contribution in [2.75, 3.05) is 33.4 Å². The number of benzene rings is 1. The fraction of sp³-hybridized carbons (Fsp3) is 0.476. The fourth-order valence-corrected chi connectivity index (χ4v) is 4.14. The van der Waals surface area contributed by atoms with Gasteiger partial charge in [-0.15, -0.1) is 4.68 Å². The molecule has 12 nitrogen and oxygen atoms in total. The molecule has 2 amide bonds. The van der Waals surface area contributed by atoms with Crippen molar-refractivity contribution in [2.24, 2.45) is 7.05 Å². The predicted molar refractivity (Wildman–Crippen MR) is 114 cm³/mol. The number of nitro groups is 1. The molecule has 0 radical (unpaired) electrons. The third kappa shape index (κ3) is 4.69. The average Bonchev–Trinajstić information content (AvgIpc) is 3.40. The fourth-order valence-electron chi connectivity index (χ4n) is 4.14. The summed E-state index contributed by atoms with van der Waals surface area (Å²) < 4.78 is 17.4. The van der Waals surface area contributed by atoms with Gasteiger partial charge in [-0.1, -0.05) is 5.10 Å². The van der Waals surface area contributed by atoms with Crippen molar-refractivity contribution in [3.05, 3.63) is 46.1 Å². The molecule has 33 heavy (non-hydrogen) atoms. The van der Waals surface area contributed by atoms with Gasteiger partial charge in [0.2, 0.25) is 0 Å². The van der Waals surface area contributed by atoms with Gasteiger partial charge in [0, 0.05) is 19.1 Å². The topological polar surface area (TPSA) is 129 Å². The van der Waals surface area contributed by atoms with Crippen LogP contribution in [0.25, 0.3) is 0 Å². The zero-order chi connectivity index (χ0) is 23.5. The molecule has 0 saturated carbocycles. The SMILES string of the molecule is COc1ccc(OCC2CN(C3CCN(C(=O)c4cnn(C)c4[N+](=O)[O-])CC3)C(=O)O2)cc1. The second kappa shape index (κ2) is 9.35. The van der Waals surface area contributed by atoms with Crippen LogP contribution in [0.4, 0.5) is 10.6 Å². The highest BCUT2D eigenvalue weighted by Crippen LogP contribution is 2.26. The lowest BCUT2D eigenvalue weighted by atomic mass is 10.0. The molecule has 0 spiro atoms. The summed E-state index contributed by atoms with van der Waals surface area (Å²) >= 11 is 0. The summed E-state index contributed by atoms with van der Waals surface area (Å²) in [7, 11) is 3.01. The van der Waals surface area contributed by atoms with E-state index in [-0.39, 0.29) is 24.0 Å². The lowest BCUT2D eigenvalue weighted by molar-refractivity contribution is -0.392. The van der Waals surface area contributed by atoms with E-state index in [0.29, 0.717) is 38.2 Å². The number of piperidine rings is 1. The summed E-state index contributed by atoms with van der Waals surface area (Å²) in [5.74, 6) is 0.623. The predicted octanol–water partition coefficient (Wildman–Crippen LogP) is 1.84. The Morgan fingerprint density at radius 2 is 1.91 bits per heavy atom. The van der Waals surface area contributed by atoms with Crippen molar-refractivity contribution in [2.45, 2.75) is 25.0 Å². The van der Waals surface area contributed by atoms with Crippen LogP contribution in [0.5, 0.6) is 11.5 Å². The Kier molecular flexibility index (Phi) is 6.33. The van der Waals surface area contributed by atoms with Gasteiger partial charge >= 0.3 is 11.9 Å². The molecule has 1 unspecified atom stereocenters. The number of aryl methyl sites for hydroxylation is 1. The highest BCUT2D eigenvalue weighted by molar-refractivity contribution is 5.97.